The van der Waals surface area contributed by atoms with Crippen LogP contribution in [0.4, 0.5) is 0 Å². The van der Waals surface area contributed by atoms with E-state index in [4.69, 9.17) is 0 Å². The average Bonchev–Trinajstić information content (AvgIpc) is 2.36. The van der Waals surface area contributed by atoms with Crippen LogP contribution in [0.5, 0.6) is 0 Å². The highest BCUT2D eigenvalue weighted by atomic mass is 15.1. The van der Waals surface area contributed by atoms with Crippen molar-refractivity contribution in [2.45, 2.75) is 70.9 Å². The van der Waals surface area contributed by atoms with Crippen LogP contribution in [-0.2, 0) is 0 Å². The van der Waals surface area contributed by atoms with E-state index in [1.807, 2.05) is 0 Å². The van der Waals surface area contributed by atoms with E-state index in [0.717, 1.165) is 23.9 Å². The van der Waals surface area contributed by atoms with Crippen LogP contribution in [0.25, 0.3) is 0 Å². The molecule has 3 unspecified atom stereocenters. The van der Waals surface area contributed by atoms with Gasteiger partial charge in [-0.1, -0.05) is 20.3 Å². The molecule has 2 fully saturated rings. The minimum atomic E-state index is 0.791. The monoisotopic (exact) mass is 252 g/mol. The van der Waals surface area contributed by atoms with Crippen molar-refractivity contribution in [3.8, 4) is 0 Å². The minimum Gasteiger partial charge on any atom is -0.314 e. The van der Waals surface area contributed by atoms with Crippen LogP contribution in [0.3, 0.4) is 0 Å². The van der Waals surface area contributed by atoms with Crippen molar-refractivity contribution in [1.29, 1.82) is 0 Å². The van der Waals surface area contributed by atoms with E-state index in [9.17, 15) is 0 Å². The Morgan fingerprint density at radius 2 is 1.78 bits per heavy atom. The Hall–Kier alpha value is -0.0800. The summed E-state index contributed by atoms with van der Waals surface area (Å²) in [5.74, 6) is 1.85. The summed E-state index contributed by atoms with van der Waals surface area (Å²) >= 11 is 0. The molecular formula is C16H32N2. The molecule has 2 rings (SSSR count). The predicted molar refractivity (Wildman–Crippen MR) is 78.9 cm³/mol. The summed E-state index contributed by atoms with van der Waals surface area (Å²) in [5.41, 5.74) is 0. The number of rotatable bonds is 4. The summed E-state index contributed by atoms with van der Waals surface area (Å²) in [5, 5.41) is 3.67. The van der Waals surface area contributed by atoms with Crippen molar-refractivity contribution >= 4 is 0 Å². The zero-order valence-electron chi connectivity index (χ0n) is 12.6. The number of nitrogens with zero attached hydrogens (tertiary/aromatic N) is 1. The van der Waals surface area contributed by atoms with Gasteiger partial charge < -0.3 is 10.2 Å². The smallest absolute Gasteiger partial charge is 0.00972 e. The molecule has 106 valence electrons. The van der Waals surface area contributed by atoms with Gasteiger partial charge in [0.25, 0.3) is 0 Å². The van der Waals surface area contributed by atoms with Gasteiger partial charge in [-0.3, -0.25) is 0 Å². The molecule has 0 bridgehead atoms. The topological polar surface area (TPSA) is 15.3 Å². The highest BCUT2D eigenvalue weighted by Crippen LogP contribution is 2.31. The number of nitrogens with one attached hydrogen (secondary N) is 1. The molecule has 0 radical (unpaired) electrons. The molecule has 0 amide bonds. The second-order valence-electron chi connectivity index (χ2n) is 6.99. The minimum absolute atomic E-state index is 0.791. The summed E-state index contributed by atoms with van der Waals surface area (Å²) in [7, 11) is 2.35. The SMILES string of the molecule is CC1CC(C)CC(N(C)CCC2CCCCN2)C1. The van der Waals surface area contributed by atoms with Crippen LogP contribution in [-0.4, -0.2) is 37.1 Å². The molecule has 0 aromatic heterocycles. The van der Waals surface area contributed by atoms with Gasteiger partial charge in [-0.25, -0.2) is 0 Å². The lowest BCUT2D eigenvalue weighted by Gasteiger charge is -2.38. The molecule has 1 N–H and O–H groups in total. The Bertz CT molecular complexity index is 225. The highest BCUT2D eigenvalue weighted by Gasteiger charge is 2.26. The second-order valence-corrected chi connectivity index (χ2v) is 6.99. The van der Waals surface area contributed by atoms with Crippen molar-refractivity contribution in [2.75, 3.05) is 20.1 Å². The molecule has 0 spiro atoms. The molecule has 1 aliphatic heterocycles. The van der Waals surface area contributed by atoms with Crippen LogP contribution in [0, 0.1) is 11.8 Å². The normalized spacial score (nSPS) is 38.0. The van der Waals surface area contributed by atoms with E-state index < -0.39 is 0 Å². The van der Waals surface area contributed by atoms with Crippen LogP contribution in [0.2, 0.25) is 0 Å². The summed E-state index contributed by atoms with van der Waals surface area (Å²) < 4.78 is 0. The first-order valence-electron chi connectivity index (χ1n) is 8.08. The third-order valence-corrected chi connectivity index (χ3v) is 5.02. The first-order chi connectivity index (χ1) is 8.65. The zero-order valence-corrected chi connectivity index (χ0v) is 12.6. The Morgan fingerprint density at radius 1 is 1.06 bits per heavy atom. The molecule has 1 saturated carbocycles. The quantitative estimate of drug-likeness (QED) is 0.826. The molecule has 1 heterocycles. The largest absolute Gasteiger partial charge is 0.314 e. The maximum atomic E-state index is 3.67. The first kappa shape index (κ1) is 14.3. The van der Waals surface area contributed by atoms with Gasteiger partial charge in [0.1, 0.15) is 0 Å². The van der Waals surface area contributed by atoms with E-state index in [1.54, 1.807) is 0 Å². The molecular weight excluding hydrogens is 220 g/mol. The maximum Gasteiger partial charge on any atom is 0.00972 e. The fraction of sp³-hybridized carbons (Fsp3) is 1.00. The Kier molecular flexibility index (Phi) is 5.50. The van der Waals surface area contributed by atoms with Crippen LogP contribution < -0.4 is 5.32 Å². The highest BCUT2D eigenvalue weighted by molar-refractivity contribution is 4.82. The lowest BCUT2D eigenvalue weighted by atomic mass is 9.80. The average molecular weight is 252 g/mol. The molecule has 1 aliphatic carbocycles. The van der Waals surface area contributed by atoms with Gasteiger partial charge in [0, 0.05) is 12.1 Å². The molecule has 0 aromatic rings. The summed E-state index contributed by atoms with van der Waals surface area (Å²) in [6.45, 7) is 7.38. The van der Waals surface area contributed by atoms with Gasteiger partial charge in [0.15, 0.2) is 0 Å². The number of hydrogen-bond acceptors (Lipinski definition) is 2. The lowest BCUT2D eigenvalue weighted by Crippen LogP contribution is -2.41. The van der Waals surface area contributed by atoms with Crippen LogP contribution in [0.1, 0.15) is 58.8 Å². The van der Waals surface area contributed by atoms with Crippen molar-refractivity contribution in [2.24, 2.45) is 11.8 Å². The lowest BCUT2D eigenvalue weighted by molar-refractivity contribution is 0.128. The van der Waals surface area contributed by atoms with Gasteiger partial charge in [-0.05, 0) is 70.5 Å². The van der Waals surface area contributed by atoms with Gasteiger partial charge in [0.05, 0.1) is 0 Å². The Balaban J connectivity index is 1.71. The van der Waals surface area contributed by atoms with Crippen molar-refractivity contribution in [3.05, 3.63) is 0 Å². The number of hydrogen-bond donors (Lipinski definition) is 1. The fourth-order valence-corrected chi connectivity index (χ4v) is 3.98. The van der Waals surface area contributed by atoms with Gasteiger partial charge >= 0.3 is 0 Å². The second kappa shape index (κ2) is 6.91. The van der Waals surface area contributed by atoms with Gasteiger partial charge in [-0.2, -0.15) is 0 Å². The predicted octanol–water partition coefficient (Wildman–Crippen LogP) is 3.28. The van der Waals surface area contributed by atoms with Gasteiger partial charge in [-0.15, -0.1) is 0 Å². The summed E-state index contributed by atoms with van der Waals surface area (Å²) in [6, 6.07) is 1.63. The Morgan fingerprint density at radius 3 is 2.39 bits per heavy atom. The first-order valence-corrected chi connectivity index (χ1v) is 8.08. The molecule has 2 nitrogen and oxygen atoms in total. The summed E-state index contributed by atoms with van der Waals surface area (Å²) in [4.78, 5) is 2.64. The molecule has 0 aromatic carbocycles. The standard InChI is InChI=1S/C16H32N2/c1-13-10-14(2)12-16(11-13)18(3)9-7-15-6-4-5-8-17-15/h13-17H,4-12H2,1-3H3. The van der Waals surface area contributed by atoms with Crippen LogP contribution in [0.15, 0.2) is 0 Å². The van der Waals surface area contributed by atoms with Crippen LogP contribution >= 0.6 is 0 Å². The third kappa shape index (κ3) is 4.24. The van der Waals surface area contributed by atoms with E-state index in [1.165, 1.54) is 58.0 Å². The molecule has 2 aliphatic rings. The van der Waals surface area contributed by atoms with E-state index in [0.29, 0.717) is 0 Å². The molecule has 3 atom stereocenters. The summed E-state index contributed by atoms with van der Waals surface area (Å²) in [6.07, 6.45) is 9.82. The molecule has 18 heavy (non-hydrogen) atoms. The van der Waals surface area contributed by atoms with Crippen molar-refractivity contribution in [1.82, 2.24) is 10.2 Å². The Labute approximate surface area is 114 Å². The maximum absolute atomic E-state index is 3.67. The van der Waals surface area contributed by atoms with Crippen molar-refractivity contribution in [3.63, 3.8) is 0 Å². The zero-order chi connectivity index (χ0) is 13.0. The molecule has 1 saturated heterocycles. The fourth-order valence-electron chi connectivity index (χ4n) is 3.98. The molecule has 2 heteroatoms. The van der Waals surface area contributed by atoms with E-state index >= 15 is 0 Å². The van der Waals surface area contributed by atoms with E-state index in [-0.39, 0.29) is 0 Å². The van der Waals surface area contributed by atoms with E-state index in [2.05, 4.69) is 31.1 Å². The van der Waals surface area contributed by atoms with Crippen molar-refractivity contribution < 1.29 is 0 Å². The number of piperidine rings is 1. The third-order valence-electron chi connectivity index (χ3n) is 5.02. The van der Waals surface area contributed by atoms with Gasteiger partial charge in [0.2, 0.25) is 0 Å².